The number of hydrogen-bond donors (Lipinski definition) is 3. The van der Waals surface area contributed by atoms with Crippen LogP contribution >= 0.6 is 0 Å². The first-order chi connectivity index (χ1) is 6.38. The Morgan fingerprint density at radius 1 is 1.50 bits per heavy atom. The third-order valence-corrected chi connectivity index (χ3v) is 1.87. The maximum absolute atomic E-state index is 10.6. The molecule has 1 aliphatic rings. The van der Waals surface area contributed by atoms with Gasteiger partial charge in [-0.1, -0.05) is 6.42 Å². The van der Waals surface area contributed by atoms with Gasteiger partial charge in [-0.3, -0.25) is 11.3 Å². The van der Waals surface area contributed by atoms with E-state index in [0.29, 0.717) is 0 Å². The molecule has 84 valence electrons. The highest BCUT2D eigenvalue weighted by Gasteiger charge is 2.38. The van der Waals surface area contributed by atoms with Gasteiger partial charge >= 0.3 is 12.1 Å². The molecule has 0 radical (unpaired) electrons. The molecule has 0 heterocycles. The zero-order valence-corrected chi connectivity index (χ0v) is 7.47. The number of nitrogens with two attached hydrogens (primary N) is 1. The van der Waals surface area contributed by atoms with E-state index in [0.717, 1.165) is 12.5 Å². The predicted molar refractivity (Wildman–Crippen MR) is 43.2 cm³/mol. The van der Waals surface area contributed by atoms with Crippen LogP contribution < -0.4 is 11.3 Å². The van der Waals surface area contributed by atoms with E-state index in [2.05, 4.69) is 5.43 Å². The molecule has 0 amide bonds. The first-order valence-electron chi connectivity index (χ1n) is 4.11. The maximum atomic E-state index is 10.6. The molecule has 0 spiro atoms. The first kappa shape index (κ1) is 13.2. The lowest BCUT2D eigenvalue weighted by molar-refractivity contribution is -0.192. The third-order valence-electron chi connectivity index (χ3n) is 1.87. The lowest BCUT2D eigenvalue weighted by atomic mass is 9.86. The van der Waals surface area contributed by atoms with Crippen LogP contribution in [0.1, 0.15) is 19.3 Å². The molecule has 0 unspecified atom stereocenters. The molecule has 0 aromatic heterocycles. The van der Waals surface area contributed by atoms with E-state index in [9.17, 15) is 13.2 Å². The summed E-state index contributed by atoms with van der Waals surface area (Å²) in [6.45, 7) is 1.01. The minimum Gasteiger partial charge on any atom is -0.475 e. The van der Waals surface area contributed by atoms with Gasteiger partial charge in [-0.2, -0.15) is 13.2 Å². The molecule has 4 nitrogen and oxygen atoms in total. The molecule has 1 saturated carbocycles. The standard InChI is InChI=1S/C5H12N2.C2HF3O2/c6-7-4-5-2-1-3-5;3-2(4,5)1(6)7/h5,7H,1-4,6H2;(H,6,7). The normalized spacial score (nSPS) is 16.6. The SMILES string of the molecule is NNCC1CCC1.O=C(O)C(F)(F)F. The van der Waals surface area contributed by atoms with E-state index >= 15 is 0 Å². The number of hydrazine groups is 1. The van der Waals surface area contributed by atoms with Crippen LogP contribution in [-0.2, 0) is 4.79 Å². The largest absolute Gasteiger partial charge is 0.490 e. The maximum Gasteiger partial charge on any atom is 0.490 e. The van der Waals surface area contributed by atoms with Crippen LogP contribution in [-0.4, -0.2) is 23.8 Å². The van der Waals surface area contributed by atoms with Crippen LogP contribution in [0, 0.1) is 5.92 Å². The fourth-order valence-electron chi connectivity index (χ4n) is 0.864. The molecule has 7 heteroatoms. The first-order valence-corrected chi connectivity index (χ1v) is 4.11. The van der Waals surface area contributed by atoms with Crippen molar-refractivity contribution in [2.24, 2.45) is 11.8 Å². The van der Waals surface area contributed by atoms with Gasteiger partial charge in [-0.15, -0.1) is 0 Å². The molecule has 1 fully saturated rings. The smallest absolute Gasteiger partial charge is 0.475 e. The summed E-state index contributed by atoms with van der Waals surface area (Å²) in [5.74, 6) is 3.23. The Bertz CT molecular complexity index is 180. The molecular weight excluding hydrogens is 201 g/mol. The van der Waals surface area contributed by atoms with E-state index in [4.69, 9.17) is 15.7 Å². The van der Waals surface area contributed by atoms with Crippen molar-refractivity contribution in [1.82, 2.24) is 5.43 Å². The summed E-state index contributed by atoms with van der Waals surface area (Å²) in [6, 6.07) is 0. The second-order valence-electron chi connectivity index (χ2n) is 3.01. The molecule has 0 aromatic rings. The molecule has 14 heavy (non-hydrogen) atoms. The number of aliphatic carboxylic acids is 1. The number of rotatable bonds is 2. The van der Waals surface area contributed by atoms with Crippen molar-refractivity contribution in [3.8, 4) is 0 Å². The minimum absolute atomic E-state index is 0.894. The molecule has 1 rings (SSSR count). The quantitative estimate of drug-likeness (QED) is 0.471. The molecule has 0 atom stereocenters. The highest BCUT2D eigenvalue weighted by atomic mass is 19.4. The van der Waals surface area contributed by atoms with Gasteiger partial charge in [0.25, 0.3) is 0 Å². The summed E-state index contributed by atoms with van der Waals surface area (Å²) in [6.07, 6.45) is -0.916. The number of hydrogen-bond acceptors (Lipinski definition) is 3. The topological polar surface area (TPSA) is 75.3 Å². The Labute approximate surface area is 79.2 Å². The fourth-order valence-corrected chi connectivity index (χ4v) is 0.864. The Morgan fingerprint density at radius 3 is 2.00 bits per heavy atom. The molecule has 0 aromatic carbocycles. The number of alkyl halides is 3. The number of nitrogens with one attached hydrogen (secondary N) is 1. The Morgan fingerprint density at radius 2 is 1.93 bits per heavy atom. The molecular formula is C7H13F3N2O2. The van der Waals surface area contributed by atoms with E-state index in [1.807, 2.05) is 0 Å². The molecule has 1 aliphatic carbocycles. The number of carboxylic acid groups (broad SMARTS) is 1. The van der Waals surface area contributed by atoms with Crippen LogP contribution in [0.3, 0.4) is 0 Å². The van der Waals surface area contributed by atoms with Crippen molar-refractivity contribution in [3.63, 3.8) is 0 Å². The monoisotopic (exact) mass is 214 g/mol. The van der Waals surface area contributed by atoms with Crippen molar-refractivity contribution >= 4 is 5.97 Å². The summed E-state index contributed by atoms with van der Waals surface area (Å²) in [4.78, 5) is 8.90. The Hall–Kier alpha value is -0.820. The number of carbonyl (C=O) groups is 1. The Balaban J connectivity index is 0.000000241. The van der Waals surface area contributed by atoms with Crippen molar-refractivity contribution in [2.45, 2.75) is 25.4 Å². The van der Waals surface area contributed by atoms with Crippen LogP contribution in [0.5, 0.6) is 0 Å². The van der Waals surface area contributed by atoms with E-state index in [1.165, 1.54) is 19.3 Å². The number of carboxylic acids is 1. The van der Waals surface area contributed by atoms with Gasteiger partial charge in [0, 0.05) is 6.54 Å². The van der Waals surface area contributed by atoms with Gasteiger partial charge in [-0.05, 0) is 18.8 Å². The van der Waals surface area contributed by atoms with Gasteiger partial charge < -0.3 is 5.11 Å². The molecule has 0 aliphatic heterocycles. The number of halogens is 3. The van der Waals surface area contributed by atoms with Gasteiger partial charge in [0.15, 0.2) is 0 Å². The van der Waals surface area contributed by atoms with Crippen molar-refractivity contribution < 1.29 is 23.1 Å². The van der Waals surface area contributed by atoms with Gasteiger partial charge in [0.2, 0.25) is 0 Å². The zero-order chi connectivity index (χ0) is 11.2. The summed E-state index contributed by atoms with van der Waals surface area (Å²) in [5, 5.41) is 7.12. The van der Waals surface area contributed by atoms with Crippen molar-refractivity contribution in [3.05, 3.63) is 0 Å². The molecule has 0 bridgehead atoms. The average Bonchev–Trinajstić information content (AvgIpc) is 1.96. The molecule has 4 N–H and O–H groups in total. The fraction of sp³-hybridized carbons (Fsp3) is 0.857. The summed E-state index contributed by atoms with van der Waals surface area (Å²) < 4.78 is 31.7. The predicted octanol–water partition coefficient (Wildman–Crippen LogP) is 0.883. The third kappa shape index (κ3) is 5.76. The van der Waals surface area contributed by atoms with Crippen LogP contribution in [0.25, 0.3) is 0 Å². The lowest BCUT2D eigenvalue weighted by Crippen LogP contribution is -2.31. The minimum atomic E-state index is -5.08. The zero-order valence-electron chi connectivity index (χ0n) is 7.47. The van der Waals surface area contributed by atoms with Gasteiger partial charge in [-0.25, -0.2) is 4.79 Å². The average molecular weight is 214 g/mol. The Kier molecular flexibility index (Phi) is 5.47. The van der Waals surface area contributed by atoms with Crippen molar-refractivity contribution in [1.29, 1.82) is 0 Å². The van der Waals surface area contributed by atoms with Gasteiger partial charge in [0.1, 0.15) is 0 Å². The van der Waals surface area contributed by atoms with Crippen molar-refractivity contribution in [2.75, 3.05) is 6.54 Å². The highest BCUT2D eigenvalue weighted by molar-refractivity contribution is 5.73. The summed E-state index contributed by atoms with van der Waals surface area (Å²) in [5.41, 5.74) is 2.67. The lowest BCUT2D eigenvalue weighted by Gasteiger charge is -2.24. The summed E-state index contributed by atoms with van der Waals surface area (Å²) in [7, 11) is 0. The van der Waals surface area contributed by atoms with E-state index in [1.54, 1.807) is 0 Å². The van der Waals surface area contributed by atoms with Gasteiger partial charge in [0.05, 0.1) is 0 Å². The second kappa shape index (κ2) is 5.82. The second-order valence-corrected chi connectivity index (χ2v) is 3.01. The van der Waals surface area contributed by atoms with E-state index < -0.39 is 12.1 Å². The molecule has 0 saturated heterocycles. The van der Waals surface area contributed by atoms with Crippen LogP contribution in [0.4, 0.5) is 13.2 Å². The van der Waals surface area contributed by atoms with E-state index in [-0.39, 0.29) is 0 Å². The summed E-state index contributed by atoms with van der Waals surface area (Å²) >= 11 is 0. The highest BCUT2D eigenvalue weighted by Crippen LogP contribution is 2.24. The van der Waals surface area contributed by atoms with Crippen LogP contribution in [0.2, 0.25) is 0 Å². The van der Waals surface area contributed by atoms with Crippen LogP contribution in [0.15, 0.2) is 0 Å².